The molecule has 0 saturated carbocycles. The first-order valence-corrected chi connectivity index (χ1v) is 4.77. The summed E-state index contributed by atoms with van der Waals surface area (Å²) in [6.45, 7) is 5.51. The maximum Gasteiger partial charge on any atom is 0.582 e. The maximum atomic E-state index is 10.8. The fourth-order valence-corrected chi connectivity index (χ4v) is 2.94. The Morgan fingerprint density at radius 3 is 1.86 bits per heavy atom. The zero-order valence-corrected chi connectivity index (χ0v) is 7.96. The number of quaternary nitrogens is 1. The number of nitrogens with zero attached hydrogens (tertiary/aromatic N) is 4. The summed E-state index contributed by atoms with van der Waals surface area (Å²) in [5.41, 5.74) is 0. The highest BCUT2D eigenvalue weighted by molar-refractivity contribution is 6.65. The van der Waals surface area contributed by atoms with Gasteiger partial charge in [-0.05, 0) is 0 Å². The molecule has 6 nitrogen and oxygen atoms in total. The molecule has 0 aromatic heterocycles. The smallest absolute Gasteiger partial charge is 0.484 e. The van der Waals surface area contributed by atoms with Crippen LogP contribution in [0.4, 0.5) is 4.79 Å². The fraction of sp³-hybridized carbons (Fsp3) is 0.857. The van der Waals surface area contributed by atoms with Crippen LogP contribution in [0.2, 0.25) is 0 Å². The van der Waals surface area contributed by atoms with Crippen LogP contribution in [0.3, 0.4) is 0 Å². The summed E-state index contributed by atoms with van der Waals surface area (Å²) in [5.74, 6) is -0.810. The molecule has 4 rings (SSSR count). The van der Waals surface area contributed by atoms with Gasteiger partial charge in [0, 0.05) is 0 Å². The van der Waals surface area contributed by atoms with E-state index in [-0.39, 0.29) is 0 Å². The monoisotopic (exact) mass is 196 g/mol. The van der Waals surface area contributed by atoms with Crippen LogP contribution in [0.25, 0.3) is 0 Å². The molecule has 4 aliphatic heterocycles. The molecule has 0 aromatic rings. The van der Waals surface area contributed by atoms with Gasteiger partial charge in [0.05, 0.1) is 20.0 Å². The van der Waals surface area contributed by atoms with Gasteiger partial charge in [-0.15, -0.1) is 0 Å². The molecule has 0 spiro atoms. The summed E-state index contributed by atoms with van der Waals surface area (Å²) in [7, 11) is 1.44. The lowest BCUT2D eigenvalue weighted by Crippen LogP contribution is -2.80. The van der Waals surface area contributed by atoms with Crippen molar-refractivity contribution in [3.63, 3.8) is 0 Å². The molecule has 0 aliphatic carbocycles. The van der Waals surface area contributed by atoms with Crippen LogP contribution in [0, 0.1) is 0 Å². The predicted molar refractivity (Wildman–Crippen MR) is 48.8 cm³/mol. The van der Waals surface area contributed by atoms with Crippen molar-refractivity contribution in [2.75, 3.05) is 40.0 Å². The lowest BCUT2D eigenvalue weighted by Gasteiger charge is -2.60. The molecule has 4 fully saturated rings. The van der Waals surface area contributed by atoms with E-state index in [1.54, 1.807) is 0 Å². The van der Waals surface area contributed by atoms with Gasteiger partial charge in [0.1, 0.15) is 20.0 Å². The van der Waals surface area contributed by atoms with Gasteiger partial charge in [0.25, 0.3) is 0 Å². The lowest BCUT2D eigenvalue weighted by atomic mass is 9.87. The van der Waals surface area contributed by atoms with Crippen molar-refractivity contribution in [2.45, 2.75) is 0 Å². The van der Waals surface area contributed by atoms with E-state index in [0.717, 1.165) is 40.0 Å². The van der Waals surface area contributed by atoms with Gasteiger partial charge < -0.3 is 9.50 Å². The molecule has 4 saturated heterocycles. The van der Waals surface area contributed by atoms with Crippen LogP contribution < -0.4 is 0 Å². The van der Waals surface area contributed by atoms with E-state index in [4.69, 9.17) is 5.11 Å². The zero-order chi connectivity index (χ0) is 9.76. The highest BCUT2D eigenvalue weighted by atomic mass is 16.4. The average Bonchev–Trinajstić information content (AvgIpc) is 1.96. The Hall–Kier alpha value is -0.625. The second-order valence-corrected chi connectivity index (χ2v) is 4.55. The van der Waals surface area contributed by atoms with Crippen molar-refractivity contribution >= 4 is 13.3 Å². The first-order valence-electron chi connectivity index (χ1n) is 4.77. The van der Waals surface area contributed by atoms with Gasteiger partial charge in [0.15, 0.2) is 0 Å². The summed E-state index contributed by atoms with van der Waals surface area (Å²) in [4.78, 5) is 17.6. The zero-order valence-electron chi connectivity index (χ0n) is 7.96. The SMILES string of the molecule is O=C(O)[B][N+]12CN3CN(CN(C3)C1)C2. The van der Waals surface area contributed by atoms with Crippen LogP contribution in [0.5, 0.6) is 0 Å². The van der Waals surface area contributed by atoms with Crippen molar-refractivity contribution in [3.05, 3.63) is 0 Å². The van der Waals surface area contributed by atoms with Gasteiger partial charge in [-0.1, -0.05) is 0 Å². The minimum Gasteiger partial charge on any atom is -0.484 e. The number of carbonyl (C=O) groups is 1. The number of hydrogen-bond acceptors (Lipinski definition) is 4. The lowest BCUT2D eigenvalue weighted by molar-refractivity contribution is -0.886. The third-order valence-corrected chi connectivity index (χ3v) is 3.03. The molecule has 4 aliphatic rings. The number of carboxylic acid groups (broad SMARTS) is 1. The van der Waals surface area contributed by atoms with Crippen LogP contribution in [-0.2, 0) is 0 Å². The second-order valence-electron chi connectivity index (χ2n) is 4.55. The van der Waals surface area contributed by atoms with Gasteiger partial charge in [-0.3, -0.25) is 4.79 Å². The summed E-state index contributed by atoms with van der Waals surface area (Å²) >= 11 is 0. The van der Waals surface area contributed by atoms with Crippen molar-refractivity contribution < 1.29 is 14.3 Å². The van der Waals surface area contributed by atoms with E-state index in [1.165, 1.54) is 7.41 Å². The molecule has 14 heavy (non-hydrogen) atoms. The summed E-state index contributed by atoms with van der Waals surface area (Å²) < 4.78 is 0.565. The quantitative estimate of drug-likeness (QED) is 0.561. The Morgan fingerprint density at radius 2 is 1.50 bits per heavy atom. The van der Waals surface area contributed by atoms with Crippen molar-refractivity contribution in [1.29, 1.82) is 0 Å². The Balaban J connectivity index is 1.83. The molecule has 0 amide bonds. The summed E-state index contributed by atoms with van der Waals surface area (Å²) in [5, 5.41) is 8.85. The Morgan fingerprint density at radius 1 is 1.07 bits per heavy atom. The number of rotatable bonds is 2. The minimum atomic E-state index is -0.810. The van der Waals surface area contributed by atoms with Gasteiger partial charge >= 0.3 is 13.3 Å². The molecule has 4 bridgehead atoms. The highest BCUT2D eigenvalue weighted by Crippen LogP contribution is 2.27. The Kier molecular flexibility index (Phi) is 1.67. The molecule has 0 aromatic carbocycles. The van der Waals surface area contributed by atoms with E-state index in [0.29, 0.717) is 4.39 Å². The molecule has 7 heteroatoms. The maximum absolute atomic E-state index is 10.8. The summed E-state index contributed by atoms with van der Waals surface area (Å²) in [6.07, 6.45) is 0. The molecular formula is C7H13BN4O2+. The molecule has 4 heterocycles. The van der Waals surface area contributed by atoms with E-state index < -0.39 is 5.87 Å². The van der Waals surface area contributed by atoms with Crippen LogP contribution in [0.15, 0.2) is 0 Å². The van der Waals surface area contributed by atoms with Gasteiger partial charge in [-0.2, -0.15) is 0 Å². The summed E-state index contributed by atoms with van der Waals surface area (Å²) in [6, 6.07) is 0. The normalized spacial score (nSPS) is 49.3. The molecule has 0 unspecified atom stereocenters. The van der Waals surface area contributed by atoms with Crippen LogP contribution in [0.1, 0.15) is 0 Å². The van der Waals surface area contributed by atoms with E-state index in [1.807, 2.05) is 0 Å². The standard InChI is InChI=1S/C7H13BN4O2/c13-7(14)8-12-4-9-1-10(5-12)3-11(2-9)6-12/h1-6H2,(H,13,14)/q+1. The van der Waals surface area contributed by atoms with Crippen molar-refractivity contribution in [1.82, 2.24) is 14.7 Å². The number of hydrogen-bond donors (Lipinski definition) is 1. The van der Waals surface area contributed by atoms with E-state index in [9.17, 15) is 4.79 Å². The highest BCUT2D eigenvalue weighted by Gasteiger charge is 2.50. The molecule has 1 N–H and O–H groups in total. The molecule has 75 valence electrons. The van der Waals surface area contributed by atoms with E-state index in [2.05, 4.69) is 14.7 Å². The topological polar surface area (TPSA) is 47.0 Å². The Bertz CT molecular complexity index is 250. The van der Waals surface area contributed by atoms with E-state index >= 15 is 0 Å². The van der Waals surface area contributed by atoms with Crippen molar-refractivity contribution in [3.8, 4) is 0 Å². The van der Waals surface area contributed by atoms with Crippen LogP contribution >= 0.6 is 0 Å². The minimum absolute atomic E-state index is 0.565. The first-order chi connectivity index (χ1) is 6.65. The van der Waals surface area contributed by atoms with Crippen LogP contribution in [-0.4, -0.2) is 77.5 Å². The van der Waals surface area contributed by atoms with Crippen molar-refractivity contribution in [2.24, 2.45) is 0 Å². The first kappa shape index (κ1) is 8.66. The van der Waals surface area contributed by atoms with Gasteiger partial charge in [-0.25, -0.2) is 14.7 Å². The second kappa shape index (κ2) is 2.69. The largest absolute Gasteiger partial charge is 0.582 e. The van der Waals surface area contributed by atoms with Gasteiger partial charge in [0.2, 0.25) is 0 Å². The Labute approximate surface area is 83.1 Å². The average molecular weight is 196 g/mol. The molecule has 1 radical (unpaired) electrons. The molecule has 0 atom stereocenters. The third-order valence-electron chi connectivity index (χ3n) is 3.03. The fourth-order valence-electron chi connectivity index (χ4n) is 2.94. The molecular weight excluding hydrogens is 183 g/mol. The predicted octanol–water partition coefficient (Wildman–Crippen LogP) is -1.21. The third kappa shape index (κ3) is 1.24.